The summed E-state index contributed by atoms with van der Waals surface area (Å²) in [6.07, 6.45) is 4.55. The lowest BCUT2D eigenvalue weighted by molar-refractivity contribution is 1.11. The van der Waals surface area contributed by atoms with E-state index in [1.165, 1.54) is 0 Å². The number of rotatable bonds is 0. The monoisotopic (exact) mass is 217 g/mol. The molecule has 0 unspecified atom stereocenters. The van der Waals surface area contributed by atoms with Gasteiger partial charge in [-0.25, -0.2) is 0 Å². The second kappa shape index (κ2) is 2.66. The Labute approximate surface area is 63.8 Å². The Morgan fingerprint density at radius 1 is 1.88 bits per heavy atom. The van der Waals surface area contributed by atoms with Gasteiger partial charge in [0.2, 0.25) is 0 Å². The second-order valence-electron chi connectivity index (χ2n) is 1.72. The first-order valence-electron chi connectivity index (χ1n) is 2.41. The molecule has 1 aliphatic heterocycles. The highest BCUT2D eigenvalue weighted by atomic mass is 127. The molecule has 0 saturated carbocycles. The van der Waals surface area contributed by atoms with Crippen molar-refractivity contribution in [3.63, 3.8) is 0 Å². The summed E-state index contributed by atoms with van der Waals surface area (Å²) in [6.45, 7) is 0. The molecule has 1 rings (SSSR count). The molecule has 8 heavy (non-hydrogen) atoms. The van der Waals surface area contributed by atoms with Gasteiger partial charge in [-0.2, -0.15) is 0 Å². The summed E-state index contributed by atoms with van der Waals surface area (Å²) in [6, 6.07) is 0. The first-order valence-corrected chi connectivity index (χ1v) is 3.65. The van der Waals surface area contributed by atoms with Crippen LogP contribution in [0, 0.1) is 0 Å². The number of allylic oxidation sites excluding steroid dienone is 1. The average Bonchev–Trinajstić information content (AvgIpc) is 1.64. The summed E-state index contributed by atoms with van der Waals surface area (Å²) in [7, 11) is 5.47. The van der Waals surface area contributed by atoms with Crippen molar-refractivity contribution in [1.82, 2.24) is 0 Å². The zero-order valence-corrected chi connectivity index (χ0v) is 6.50. The van der Waals surface area contributed by atoms with Crippen molar-refractivity contribution < 1.29 is 0 Å². The van der Waals surface area contributed by atoms with Gasteiger partial charge in [-0.1, -0.05) is 28.1 Å². The molecule has 2 radical (unpaired) electrons. The maximum absolute atomic E-state index is 5.47. The molecule has 0 aromatic carbocycles. The van der Waals surface area contributed by atoms with Gasteiger partial charge in [0.1, 0.15) is 7.85 Å². The molecule has 0 N–H and O–H groups in total. The van der Waals surface area contributed by atoms with E-state index in [0.29, 0.717) is 3.92 Å². The van der Waals surface area contributed by atoms with Crippen LogP contribution < -0.4 is 0 Å². The van der Waals surface area contributed by atoms with Gasteiger partial charge in [-0.15, -0.1) is 0 Å². The maximum Gasteiger partial charge on any atom is 0.109 e. The van der Waals surface area contributed by atoms with Crippen LogP contribution in [0.5, 0.6) is 0 Å². The molecule has 40 valence electrons. The minimum absolute atomic E-state index is 0.498. The molecule has 0 aliphatic carbocycles. The zero-order chi connectivity index (χ0) is 5.98. The zero-order valence-electron chi connectivity index (χ0n) is 4.34. The molecule has 3 heteroatoms. The highest BCUT2D eigenvalue weighted by Gasteiger charge is 2.02. The topological polar surface area (TPSA) is 12.4 Å². The Kier molecular flexibility index (Phi) is 2.11. The van der Waals surface area contributed by atoms with Crippen LogP contribution in [0.15, 0.2) is 16.7 Å². The Balaban J connectivity index is 2.59. The summed E-state index contributed by atoms with van der Waals surface area (Å²) < 4.78 is 0.498. The maximum atomic E-state index is 5.47. The van der Waals surface area contributed by atoms with Gasteiger partial charge >= 0.3 is 0 Å². The van der Waals surface area contributed by atoms with Crippen molar-refractivity contribution in [2.75, 3.05) is 0 Å². The van der Waals surface area contributed by atoms with Crippen molar-refractivity contribution in [3.8, 4) is 0 Å². The third-order valence-electron chi connectivity index (χ3n) is 0.919. The molecular weight excluding hydrogens is 212 g/mol. The largest absolute Gasteiger partial charge is 0.269 e. The highest BCUT2D eigenvalue weighted by Crippen LogP contribution is 2.12. The fraction of sp³-hybridized carbons (Fsp3) is 0.400. The minimum atomic E-state index is 0.498. The number of hydrogen-bond acceptors (Lipinski definition) is 1. The number of nitrogens with zero attached hydrogens (tertiary/aromatic N) is 1. The lowest BCUT2D eigenvalue weighted by Crippen LogP contribution is -2.04. The molecule has 0 fully saturated rings. The molecule has 1 aliphatic rings. The van der Waals surface area contributed by atoms with Gasteiger partial charge in [0.25, 0.3) is 0 Å². The van der Waals surface area contributed by atoms with E-state index in [0.717, 1.165) is 11.9 Å². The fourth-order valence-corrected chi connectivity index (χ4v) is 1.26. The van der Waals surface area contributed by atoms with E-state index in [9.17, 15) is 0 Å². The number of alkyl halides is 1. The smallest absolute Gasteiger partial charge is 0.109 e. The number of hydrogen-bond donors (Lipinski definition) is 0. The van der Waals surface area contributed by atoms with E-state index < -0.39 is 0 Å². The minimum Gasteiger partial charge on any atom is -0.269 e. The van der Waals surface area contributed by atoms with Gasteiger partial charge in [-0.3, -0.25) is 4.99 Å². The summed E-state index contributed by atoms with van der Waals surface area (Å²) in [5, 5.41) is 0. The van der Waals surface area contributed by atoms with Gasteiger partial charge in [-0.05, 0) is 6.42 Å². The third kappa shape index (κ3) is 1.61. The quantitative estimate of drug-likeness (QED) is 0.329. The molecule has 0 aromatic heterocycles. The SMILES string of the molecule is [B]C1=CN=C[C@H](I)C1. The van der Waals surface area contributed by atoms with E-state index in [1.54, 1.807) is 6.20 Å². The van der Waals surface area contributed by atoms with Crippen LogP contribution in [0.25, 0.3) is 0 Å². The van der Waals surface area contributed by atoms with Crippen molar-refractivity contribution in [1.29, 1.82) is 0 Å². The van der Waals surface area contributed by atoms with Crippen LogP contribution in [0.2, 0.25) is 0 Å². The van der Waals surface area contributed by atoms with E-state index in [1.807, 2.05) is 6.21 Å². The summed E-state index contributed by atoms with van der Waals surface area (Å²) in [5.74, 6) is 0. The van der Waals surface area contributed by atoms with Crippen LogP contribution in [0.4, 0.5) is 0 Å². The Morgan fingerprint density at radius 3 is 3.00 bits per heavy atom. The summed E-state index contributed by atoms with van der Waals surface area (Å²) >= 11 is 2.30. The second-order valence-corrected chi connectivity index (χ2v) is 3.32. The first-order chi connectivity index (χ1) is 3.79. The molecular formula is C5H5BIN. The van der Waals surface area contributed by atoms with Gasteiger partial charge < -0.3 is 0 Å². The molecule has 0 spiro atoms. The van der Waals surface area contributed by atoms with Gasteiger partial charge in [0.15, 0.2) is 0 Å². The predicted molar refractivity (Wildman–Crippen MR) is 44.8 cm³/mol. The molecule has 1 nitrogen and oxygen atoms in total. The third-order valence-corrected chi connectivity index (χ3v) is 1.68. The van der Waals surface area contributed by atoms with Crippen molar-refractivity contribution >= 4 is 36.7 Å². The van der Waals surface area contributed by atoms with Gasteiger partial charge in [0.05, 0.1) is 0 Å². The van der Waals surface area contributed by atoms with Crippen molar-refractivity contribution in [2.45, 2.75) is 10.3 Å². The lowest BCUT2D eigenvalue weighted by atomic mass is 9.91. The van der Waals surface area contributed by atoms with Crippen molar-refractivity contribution in [2.24, 2.45) is 4.99 Å². The summed E-state index contributed by atoms with van der Waals surface area (Å²) in [4.78, 5) is 3.92. The molecule has 1 atom stereocenters. The van der Waals surface area contributed by atoms with Crippen LogP contribution in [-0.2, 0) is 0 Å². The molecule has 1 heterocycles. The van der Waals surface area contributed by atoms with Crippen LogP contribution in [-0.4, -0.2) is 18.0 Å². The number of aliphatic imine (C=N–C) groups is 1. The van der Waals surface area contributed by atoms with E-state index in [2.05, 4.69) is 27.6 Å². The average molecular weight is 217 g/mol. The standard InChI is InChI=1S/C5H5BIN/c6-4-1-5(7)3-8-2-4/h2-3,5H,1H2/t5-/m1/s1. The lowest BCUT2D eigenvalue weighted by Gasteiger charge is -2.06. The molecule has 0 bridgehead atoms. The van der Waals surface area contributed by atoms with E-state index in [4.69, 9.17) is 7.85 Å². The van der Waals surface area contributed by atoms with Crippen LogP contribution in [0.1, 0.15) is 6.42 Å². The number of halogens is 1. The van der Waals surface area contributed by atoms with E-state index >= 15 is 0 Å². The normalized spacial score (nSPS) is 27.6. The highest BCUT2D eigenvalue weighted by molar-refractivity contribution is 14.1. The Hall–Kier alpha value is 0.205. The molecule has 0 amide bonds. The fourth-order valence-electron chi connectivity index (χ4n) is 0.563. The van der Waals surface area contributed by atoms with Gasteiger partial charge in [0, 0.05) is 16.3 Å². The van der Waals surface area contributed by atoms with Crippen LogP contribution >= 0.6 is 22.6 Å². The Morgan fingerprint density at radius 2 is 2.62 bits per heavy atom. The predicted octanol–water partition coefficient (Wildman–Crippen LogP) is 1.27. The van der Waals surface area contributed by atoms with Crippen LogP contribution in [0.3, 0.4) is 0 Å². The first kappa shape index (κ1) is 6.33. The molecule has 0 saturated heterocycles. The van der Waals surface area contributed by atoms with E-state index in [-0.39, 0.29) is 0 Å². The Bertz CT molecular complexity index is 141. The molecule has 0 aromatic rings. The summed E-state index contributed by atoms with van der Waals surface area (Å²) in [5.41, 5.74) is 0.881. The van der Waals surface area contributed by atoms with Crippen molar-refractivity contribution in [3.05, 3.63) is 11.7 Å².